The average molecular weight is 588 g/mol. The number of aliphatic hydroxyl groups is 2. The van der Waals surface area contributed by atoms with Crippen molar-refractivity contribution in [3.8, 4) is 0 Å². The van der Waals surface area contributed by atoms with Gasteiger partial charge in [0.1, 0.15) is 0 Å². The molecule has 0 saturated carbocycles. The van der Waals surface area contributed by atoms with Crippen molar-refractivity contribution in [3.63, 3.8) is 0 Å². The minimum atomic E-state index is -1.98. The molecule has 0 rings (SSSR count). The van der Waals surface area contributed by atoms with Crippen molar-refractivity contribution in [1.82, 2.24) is 0 Å². The fourth-order valence-corrected chi connectivity index (χ4v) is 12.0. The van der Waals surface area contributed by atoms with Crippen molar-refractivity contribution in [2.45, 2.75) is 144 Å². The van der Waals surface area contributed by atoms with Gasteiger partial charge >= 0.3 is 0 Å². The van der Waals surface area contributed by atoms with Gasteiger partial charge in [0, 0.05) is 39.4 Å². The van der Waals surface area contributed by atoms with Gasteiger partial charge in [-0.2, -0.15) is 0 Å². The molecule has 0 fully saturated rings. The van der Waals surface area contributed by atoms with Gasteiger partial charge in [-0.15, -0.1) is 0 Å². The summed E-state index contributed by atoms with van der Waals surface area (Å²) in [7, 11) is -3.96. The van der Waals surface area contributed by atoms with Crippen molar-refractivity contribution >= 4 is 16.6 Å². The van der Waals surface area contributed by atoms with E-state index in [1.54, 1.807) is 0 Å². The second-order valence-electron chi connectivity index (χ2n) is 11.9. The van der Waals surface area contributed by atoms with Crippen molar-refractivity contribution < 1.29 is 46.0 Å². The molecule has 0 unspecified atom stereocenters. The van der Waals surface area contributed by atoms with Crippen LogP contribution in [0.2, 0.25) is 33.2 Å². The third kappa shape index (κ3) is 19.0. The quantitative estimate of drug-likeness (QED) is 0.221. The molecule has 33 heavy (non-hydrogen) atoms. The van der Waals surface area contributed by atoms with E-state index in [4.69, 9.17) is 10.2 Å². The van der Waals surface area contributed by atoms with Crippen LogP contribution in [0.4, 0.5) is 0 Å². The Labute approximate surface area is 230 Å². The van der Waals surface area contributed by atoms with E-state index in [1.165, 1.54) is 0 Å². The number of hydrogen-bond donors (Lipinski definition) is 4. The Kier molecular flexibility index (Phi) is 29.9. The van der Waals surface area contributed by atoms with Crippen LogP contribution in [0.5, 0.6) is 0 Å². The summed E-state index contributed by atoms with van der Waals surface area (Å²) in [5.41, 5.74) is 2.85. The van der Waals surface area contributed by atoms with E-state index < -0.39 is 16.6 Å². The first kappa shape index (κ1) is 44.2. The molecule has 0 aliphatic rings. The Balaban J connectivity index is -0.000000112. The summed E-state index contributed by atoms with van der Waals surface area (Å²) in [4.78, 5) is 20.8. The Bertz CT molecular complexity index is 332. The van der Waals surface area contributed by atoms with E-state index in [1.807, 2.05) is 27.7 Å². The largest absolute Gasteiger partial charge is 0.431 e. The van der Waals surface area contributed by atoms with Gasteiger partial charge in [0.2, 0.25) is 0 Å². The van der Waals surface area contributed by atoms with Crippen LogP contribution in [-0.4, -0.2) is 49.7 Å². The molecule has 0 atom stereocenters. The summed E-state index contributed by atoms with van der Waals surface area (Å²) in [6, 6.07) is 0. The van der Waals surface area contributed by atoms with Gasteiger partial charge < -0.3 is 19.8 Å². The predicted molar refractivity (Wildman–Crippen MR) is 150 cm³/mol. The Morgan fingerprint density at radius 1 is 0.394 bits per heavy atom. The summed E-state index contributed by atoms with van der Waals surface area (Å²) in [6.07, 6.45) is 0. The maximum atomic E-state index is 10.4. The van der Waals surface area contributed by atoms with Gasteiger partial charge in [-0.3, -0.25) is 0 Å². The third-order valence-electron chi connectivity index (χ3n) is 6.28. The molecule has 0 bridgehead atoms. The minimum absolute atomic E-state index is 0. The fraction of sp³-hybridized carbons (Fsp3) is 1.00. The van der Waals surface area contributed by atoms with Crippen LogP contribution in [-0.2, 0) is 26.2 Å². The molecular weight excluding hydrogens is 524 g/mol. The number of rotatable bonds is 8. The van der Waals surface area contributed by atoms with Crippen LogP contribution >= 0.6 is 0 Å². The van der Waals surface area contributed by atoms with Crippen LogP contribution in [0.25, 0.3) is 0 Å². The summed E-state index contributed by atoms with van der Waals surface area (Å²) >= 11 is 0. The molecule has 0 spiro atoms. The second kappa shape index (κ2) is 22.4. The molecule has 204 valence electrons. The van der Waals surface area contributed by atoms with E-state index in [-0.39, 0.29) is 26.2 Å². The van der Waals surface area contributed by atoms with Gasteiger partial charge in [0.05, 0.1) is 0 Å². The standard InChI is InChI=1S/2C9H22OSi.2C4H10O.Zr/c2*1-7(2)11(10,8(3)4)9(5)6;2*1-4(2)3-5;/h2*7-10H,1-6H3;2*4-5H,3H2,1-2H3;. The van der Waals surface area contributed by atoms with Crippen LogP contribution < -0.4 is 0 Å². The SMILES string of the molecule is CC(C)CO.CC(C)CO.CC(C)[Si](O)(C(C)C)C(C)C.CC(C)[Si](O)(C(C)C)C(C)C.[Zr]. The molecule has 0 aromatic carbocycles. The summed E-state index contributed by atoms with van der Waals surface area (Å²) in [5.74, 6) is 0.880. The van der Waals surface area contributed by atoms with Gasteiger partial charge in [-0.25, -0.2) is 0 Å². The van der Waals surface area contributed by atoms with Gasteiger partial charge in [-0.1, -0.05) is 111 Å². The van der Waals surface area contributed by atoms with E-state index in [0.29, 0.717) is 58.3 Å². The first-order chi connectivity index (χ1) is 14.2. The van der Waals surface area contributed by atoms with Gasteiger partial charge in [0.25, 0.3) is 0 Å². The van der Waals surface area contributed by atoms with Crippen LogP contribution in [0.1, 0.15) is 111 Å². The van der Waals surface area contributed by atoms with Crippen molar-refractivity contribution in [2.75, 3.05) is 13.2 Å². The zero-order valence-corrected chi connectivity index (χ0v) is 29.8. The first-order valence-electron chi connectivity index (χ1n) is 12.9. The monoisotopic (exact) mass is 586 g/mol. The molecular formula is C26H64O4Si2Zr. The summed E-state index contributed by atoms with van der Waals surface area (Å²) in [5, 5.41) is 16.3. The Morgan fingerprint density at radius 2 is 0.485 bits per heavy atom. The maximum Gasteiger partial charge on any atom is 0.196 e. The zero-order valence-electron chi connectivity index (χ0n) is 25.3. The molecule has 0 amide bonds. The molecule has 0 radical (unpaired) electrons. The van der Waals surface area contributed by atoms with Crippen LogP contribution in [0.15, 0.2) is 0 Å². The summed E-state index contributed by atoms with van der Waals surface area (Å²) < 4.78 is 0. The molecule has 7 heteroatoms. The number of hydrogen-bond acceptors (Lipinski definition) is 4. The molecule has 0 aromatic rings. The summed E-state index contributed by atoms with van der Waals surface area (Å²) in [6.45, 7) is 34.2. The Morgan fingerprint density at radius 3 is 0.485 bits per heavy atom. The smallest absolute Gasteiger partial charge is 0.196 e. The third-order valence-corrected chi connectivity index (χ3v) is 17.4. The van der Waals surface area contributed by atoms with E-state index in [2.05, 4.69) is 83.1 Å². The Hall–Kier alpha value is 1.16. The van der Waals surface area contributed by atoms with Crippen LogP contribution in [0.3, 0.4) is 0 Å². The molecule has 0 aliphatic heterocycles. The number of aliphatic hydroxyl groups excluding tert-OH is 2. The fourth-order valence-electron chi connectivity index (χ4n) is 4.00. The van der Waals surface area contributed by atoms with E-state index in [0.717, 1.165) is 0 Å². The molecule has 0 aromatic heterocycles. The van der Waals surface area contributed by atoms with Gasteiger partial charge in [0.15, 0.2) is 16.6 Å². The average Bonchev–Trinajstić information content (AvgIpc) is 2.66. The van der Waals surface area contributed by atoms with E-state index in [9.17, 15) is 9.59 Å². The van der Waals surface area contributed by atoms with Crippen molar-refractivity contribution in [2.24, 2.45) is 11.8 Å². The molecule has 4 N–H and O–H groups in total. The molecule has 0 heterocycles. The molecule has 0 saturated heterocycles. The van der Waals surface area contributed by atoms with Crippen molar-refractivity contribution in [3.05, 3.63) is 0 Å². The van der Waals surface area contributed by atoms with Crippen LogP contribution in [0, 0.1) is 11.8 Å². The van der Waals surface area contributed by atoms with E-state index >= 15 is 0 Å². The maximum absolute atomic E-state index is 10.4. The molecule has 4 nitrogen and oxygen atoms in total. The normalized spacial score (nSPS) is 12.0. The predicted octanol–water partition coefficient (Wildman–Crippen LogP) is 7.58. The van der Waals surface area contributed by atoms with Crippen molar-refractivity contribution in [1.29, 1.82) is 0 Å². The van der Waals surface area contributed by atoms with Gasteiger partial charge in [-0.05, 0) is 45.1 Å². The first-order valence-corrected chi connectivity index (χ1v) is 17.2. The zero-order chi connectivity index (χ0) is 27.0. The second-order valence-corrected chi connectivity index (χ2v) is 22.3. The minimum Gasteiger partial charge on any atom is -0.431 e. The topological polar surface area (TPSA) is 80.9 Å². The molecule has 0 aliphatic carbocycles.